The molecule has 1 aromatic rings. The van der Waals surface area contributed by atoms with Crippen molar-refractivity contribution in [3.63, 3.8) is 0 Å². The second-order valence-corrected chi connectivity index (χ2v) is 4.70. The van der Waals surface area contributed by atoms with Crippen LogP contribution in [0.1, 0.15) is 42.8 Å². The average molecular weight is 222 g/mol. The smallest absolute Gasteiger partial charge is 0.231 e. The van der Waals surface area contributed by atoms with Crippen molar-refractivity contribution in [1.82, 2.24) is 20.8 Å². The van der Waals surface area contributed by atoms with Gasteiger partial charge in [-0.3, -0.25) is 0 Å². The number of piperidine rings is 1. The summed E-state index contributed by atoms with van der Waals surface area (Å²) >= 11 is 0. The largest absolute Gasteiger partial charge is 0.339 e. The maximum Gasteiger partial charge on any atom is 0.231 e. The van der Waals surface area contributed by atoms with Crippen LogP contribution < -0.4 is 10.6 Å². The minimum atomic E-state index is 0.433. The molecule has 2 aliphatic rings. The average Bonchev–Trinajstić information content (AvgIpc) is 3.01. The maximum absolute atomic E-state index is 5.38. The summed E-state index contributed by atoms with van der Waals surface area (Å²) in [4.78, 5) is 4.57. The highest BCUT2D eigenvalue weighted by atomic mass is 16.5. The molecule has 1 atom stereocenters. The van der Waals surface area contributed by atoms with E-state index in [-0.39, 0.29) is 0 Å². The minimum absolute atomic E-state index is 0.433. The molecule has 2 fully saturated rings. The molecule has 1 unspecified atom stereocenters. The number of hydrogen-bond donors (Lipinski definition) is 2. The van der Waals surface area contributed by atoms with E-state index >= 15 is 0 Å². The highest BCUT2D eigenvalue weighted by molar-refractivity contribution is 5.02. The predicted molar refractivity (Wildman–Crippen MR) is 59.4 cm³/mol. The number of hydrogen-bond acceptors (Lipinski definition) is 5. The zero-order valence-electron chi connectivity index (χ0n) is 9.41. The molecule has 0 saturated carbocycles. The lowest BCUT2D eigenvalue weighted by Gasteiger charge is -2.19. The fourth-order valence-electron chi connectivity index (χ4n) is 2.52. The molecule has 0 radical (unpaired) electrons. The monoisotopic (exact) mass is 222 g/mol. The third kappa shape index (κ3) is 1.97. The first-order chi connectivity index (χ1) is 7.93. The summed E-state index contributed by atoms with van der Waals surface area (Å²) in [6.07, 6.45) is 3.37. The van der Waals surface area contributed by atoms with Gasteiger partial charge in [0.15, 0.2) is 5.82 Å². The van der Waals surface area contributed by atoms with Crippen LogP contribution in [0.5, 0.6) is 0 Å². The van der Waals surface area contributed by atoms with Crippen LogP contribution in [0.2, 0.25) is 0 Å². The molecule has 5 heteroatoms. The Kier molecular flexibility index (Phi) is 2.88. The molecule has 3 heterocycles. The fraction of sp³-hybridized carbons (Fsp3) is 0.818. The zero-order valence-corrected chi connectivity index (χ0v) is 9.41. The lowest BCUT2D eigenvalue weighted by molar-refractivity contribution is 0.346. The van der Waals surface area contributed by atoms with Gasteiger partial charge in [0.2, 0.25) is 5.89 Å². The number of rotatable bonds is 2. The van der Waals surface area contributed by atoms with Gasteiger partial charge in [-0.15, -0.1) is 0 Å². The van der Waals surface area contributed by atoms with Gasteiger partial charge in [0.05, 0.1) is 5.92 Å². The molecular weight excluding hydrogens is 204 g/mol. The fourth-order valence-corrected chi connectivity index (χ4v) is 2.52. The van der Waals surface area contributed by atoms with Crippen molar-refractivity contribution in [1.29, 1.82) is 0 Å². The first-order valence-electron chi connectivity index (χ1n) is 6.18. The van der Waals surface area contributed by atoms with E-state index in [1.54, 1.807) is 0 Å². The van der Waals surface area contributed by atoms with E-state index in [0.717, 1.165) is 57.2 Å². The quantitative estimate of drug-likeness (QED) is 0.768. The molecule has 0 aromatic carbocycles. The Morgan fingerprint density at radius 2 is 1.75 bits per heavy atom. The Labute approximate surface area is 95.0 Å². The molecule has 0 bridgehead atoms. The molecule has 0 aliphatic carbocycles. The molecule has 2 saturated heterocycles. The molecule has 88 valence electrons. The molecule has 1 aromatic heterocycles. The molecule has 16 heavy (non-hydrogen) atoms. The standard InChI is InChI=1S/C11H18N4O/c1-4-12-5-2-8(1)10-14-11(16-15-10)9-3-6-13-7-9/h8-9,12-13H,1-7H2. The van der Waals surface area contributed by atoms with Crippen LogP contribution in [0.4, 0.5) is 0 Å². The summed E-state index contributed by atoms with van der Waals surface area (Å²) in [5.41, 5.74) is 0. The molecule has 0 spiro atoms. The van der Waals surface area contributed by atoms with Gasteiger partial charge in [-0.25, -0.2) is 0 Å². The van der Waals surface area contributed by atoms with Gasteiger partial charge in [-0.05, 0) is 38.9 Å². The summed E-state index contributed by atoms with van der Waals surface area (Å²) in [6.45, 7) is 4.18. The Bertz CT molecular complexity index is 340. The van der Waals surface area contributed by atoms with Gasteiger partial charge in [0.25, 0.3) is 0 Å². The summed E-state index contributed by atoms with van der Waals surface area (Å²) in [5, 5.41) is 10.8. The molecule has 2 N–H and O–H groups in total. The van der Waals surface area contributed by atoms with Gasteiger partial charge in [-0.1, -0.05) is 5.16 Å². The first-order valence-corrected chi connectivity index (χ1v) is 6.18. The van der Waals surface area contributed by atoms with Gasteiger partial charge < -0.3 is 15.2 Å². The highest BCUT2D eigenvalue weighted by Crippen LogP contribution is 2.26. The zero-order chi connectivity index (χ0) is 10.8. The van der Waals surface area contributed by atoms with E-state index in [1.165, 1.54) is 0 Å². The van der Waals surface area contributed by atoms with Crippen LogP contribution in [0.15, 0.2) is 4.52 Å². The van der Waals surface area contributed by atoms with E-state index in [0.29, 0.717) is 11.8 Å². The molecule has 0 amide bonds. The Balaban J connectivity index is 1.71. The van der Waals surface area contributed by atoms with Gasteiger partial charge >= 0.3 is 0 Å². The summed E-state index contributed by atoms with van der Waals surface area (Å²) in [6, 6.07) is 0. The normalized spacial score (nSPS) is 27.4. The third-order valence-electron chi connectivity index (χ3n) is 3.57. The minimum Gasteiger partial charge on any atom is -0.339 e. The lowest BCUT2D eigenvalue weighted by atomic mass is 9.97. The van der Waals surface area contributed by atoms with Gasteiger partial charge in [0.1, 0.15) is 0 Å². The topological polar surface area (TPSA) is 63.0 Å². The van der Waals surface area contributed by atoms with Crippen molar-refractivity contribution in [2.45, 2.75) is 31.1 Å². The first kappa shape index (κ1) is 10.2. The van der Waals surface area contributed by atoms with Crippen molar-refractivity contribution in [3.8, 4) is 0 Å². The summed E-state index contributed by atoms with van der Waals surface area (Å²) in [5.74, 6) is 2.68. The van der Waals surface area contributed by atoms with Gasteiger partial charge in [-0.2, -0.15) is 4.98 Å². The predicted octanol–water partition coefficient (Wildman–Crippen LogP) is 0.614. The van der Waals surface area contributed by atoms with Crippen molar-refractivity contribution >= 4 is 0 Å². The SMILES string of the molecule is C1CC(c2noc(C3CCNC3)n2)CCN1. The number of nitrogens with one attached hydrogen (secondary N) is 2. The van der Waals surface area contributed by atoms with Crippen molar-refractivity contribution < 1.29 is 4.52 Å². The second kappa shape index (κ2) is 4.51. The van der Waals surface area contributed by atoms with Crippen LogP contribution in [0, 0.1) is 0 Å². The summed E-state index contributed by atoms with van der Waals surface area (Å²) < 4.78 is 5.38. The van der Waals surface area contributed by atoms with Crippen molar-refractivity contribution in [2.75, 3.05) is 26.2 Å². The second-order valence-electron chi connectivity index (χ2n) is 4.70. The van der Waals surface area contributed by atoms with Crippen LogP contribution >= 0.6 is 0 Å². The maximum atomic E-state index is 5.38. The Hall–Kier alpha value is -0.940. The van der Waals surface area contributed by atoms with Crippen LogP contribution in [0.25, 0.3) is 0 Å². The Morgan fingerprint density at radius 3 is 2.50 bits per heavy atom. The van der Waals surface area contributed by atoms with Crippen molar-refractivity contribution in [2.24, 2.45) is 0 Å². The van der Waals surface area contributed by atoms with E-state index < -0.39 is 0 Å². The van der Waals surface area contributed by atoms with Crippen LogP contribution in [-0.2, 0) is 0 Å². The third-order valence-corrected chi connectivity index (χ3v) is 3.57. The lowest BCUT2D eigenvalue weighted by Crippen LogP contribution is -2.27. The van der Waals surface area contributed by atoms with Crippen LogP contribution in [-0.4, -0.2) is 36.3 Å². The molecule has 5 nitrogen and oxygen atoms in total. The molecular formula is C11H18N4O. The number of nitrogens with zero attached hydrogens (tertiary/aromatic N) is 2. The van der Waals surface area contributed by atoms with Gasteiger partial charge in [0, 0.05) is 12.5 Å². The van der Waals surface area contributed by atoms with E-state index in [2.05, 4.69) is 20.8 Å². The number of aromatic nitrogens is 2. The van der Waals surface area contributed by atoms with E-state index in [1.807, 2.05) is 0 Å². The molecule has 2 aliphatic heterocycles. The van der Waals surface area contributed by atoms with E-state index in [9.17, 15) is 0 Å². The molecule has 3 rings (SSSR count). The van der Waals surface area contributed by atoms with E-state index in [4.69, 9.17) is 4.52 Å². The van der Waals surface area contributed by atoms with Crippen LogP contribution in [0.3, 0.4) is 0 Å². The highest BCUT2D eigenvalue weighted by Gasteiger charge is 2.25. The summed E-state index contributed by atoms with van der Waals surface area (Å²) in [7, 11) is 0. The Morgan fingerprint density at radius 1 is 1.00 bits per heavy atom. The van der Waals surface area contributed by atoms with Crippen molar-refractivity contribution in [3.05, 3.63) is 11.7 Å².